The van der Waals surface area contributed by atoms with Crippen molar-refractivity contribution in [3.05, 3.63) is 48.6 Å². The molecule has 0 unspecified atom stereocenters. The van der Waals surface area contributed by atoms with Crippen molar-refractivity contribution in [3.63, 3.8) is 0 Å². The van der Waals surface area contributed by atoms with Gasteiger partial charge in [0.2, 0.25) is 0 Å². The third-order valence-electron chi connectivity index (χ3n) is 1.95. The van der Waals surface area contributed by atoms with E-state index in [-0.39, 0.29) is 0 Å². The second-order valence-electron chi connectivity index (χ2n) is 3.14. The molecule has 0 aromatic carbocycles. The Balaban J connectivity index is 2.38. The lowest BCUT2D eigenvalue weighted by atomic mass is 10.2. The van der Waals surface area contributed by atoms with Gasteiger partial charge in [0.15, 0.2) is 0 Å². The van der Waals surface area contributed by atoms with Gasteiger partial charge in [-0.15, -0.1) is 0 Å². The average Bonchev–Trinajstić information content (AvgIpc) is 2.18. The topological polar surface area (TPSA) is 0 Å². The van der Waals surface area contributed by atoms with E-state index in [2.05, 4.69) is 36.5 Å². The molecule has 1 aliphatic carbocycles. The Morgan fingerprint density at radius 2 is 1.54 bits per heavy atom. The molecular formula is C13H17. The van der Waals surface area contributed by atoms with Crippen LogP contribution in [0, 0.1) is 6.08 Å². The summed E-state index contributed by atoms with van der Waals surface area (Å²) in [6.45, 7) is 0. The van der Waals surface area contributed by atoms with E-state index in [4.69, 9.17) is 0 Å². The molecule has 0 nitrogen and oxygen atoms in total. The van der Waals surface area contributed by atoms with E-state index in [0.29, 0.717) is 0 Å². The Morgan fingerprint density at radius 3 is 2.54 bits per heavy atom. The minimum absolute atomic E-state index is 1.14. The van der Waals surface area contributed by atoms with Crippen molar-refractivity contribution in [3.8, 4) is 0 Å². The van der Waals surface area contributed by atoms with Crippen LogP contribution in [0.4, 0.5) is 0 Å². The summed E-state index contributed by atoms with van der Waals surface area (Å²) in [5.41, 5.74) is 0. The van der Waals surface area contributed by atoms with Crippen LogP contribution in [0.3, 0.4) is 0 Å². The van der Waals surface area contributed by atoms with Crippen molar-refractivity contribution in [1.29, 1.82) is 0 Å². The normalized spacial score (nSPS) is 28.9. The van der Waals surface area contributed by atoms with Gasteiger partial charge in [0.1, 0.15) is 0 Å². The SMILES string of the molecule is [C]1=C/C=C\CC/C=C\CCC/C=C/1. The zero-order chi connectivity index (χ0) is 9.19. The van der Waals surface area contributed by atoms with Crippen molar-refractivity contribution in [2.75, 3.05) is 0 Å². The van der Waals surface area contributed by atoms with Crippen LogP contribution in [0.1, 0.15) is 32.1 Å². The zero-order valence-corrected chi connectivity index (χ0v) is 8.08. The molecule has 1 aliphatic rings. The molecule has 0 spiro atoms. The highest BCUT2D eigenvalue weighted by molar-refractivity contribution is 5.06. The van der Waals surface area contributed by atoms with Crippen molar-refractivity contribution in [2.45, 2.75) is 32.1 Å². The van der Waals surface area contributed by atoms with Gasteiger partial charge in [-0.3, -0.25) is 0 Å². The lowest BCUT2D eigenvalue weighted by Crippen LogP contribution is -1.69. The molecule has 1 rings (SSSR count). The maximum absolute atomic E-state index is 3.11. The van der Waals surface area contributed by atoms with E-state index in [9.17, 15) is 0 Å². The largest absolute Gasteiger partial charge is 0.0885 e. The highest BCUT2D eigenvalue weighted by Gasteiger charge is 1.81. The first kappa shape index (κ1) is 10.0. The summed E-state index contributed by atoms with van der Waals surface area (Å²) in [7, 11) is 0. The van der Waals surface area contributed by atoms with Crippen LogP contribution in [-0.2, 0) is 0 Å². The summed E-state index contributed by atoms with van der Waals surface area (Å²) in [4.78, 5) is 0. The van der Waals surface area contributed by atoms with Gasteiger partial charge < -0.3 is 0 Å². The molecule has 0 saturated heterocycles. The third kappa shape index (κ3) is 6.15. The van der Waals surface area contributed by atoms with Crippen LogP contribution >= 0.6 is 0 Å². The van der Waals surface area contributed by atoms with Crippen LogP contribution in [0.15, 0.2) is 42.5 Å². The summed E-state index contributed by atoms with van der Waals surface area (Å²) >= 11 is 0. The highest BCUT2D eigenvalue weighted by Crippen LogP contribution is 2.01. The first-order valence-corrected chi connectivity index (χ1v) is 5.04. The lowest BCUT2D eigenvalue weighted by molar-refractivity contribution is 0.862. The van der Waals surface area contributed by atoms with Gasteiger partial charge in [-0.2, -0.15) is 0 Å². The quantitative estimate of drug-likeness (QED) is 0.486. The van der Waals surface area contributed by atoms with Crippen LogP contribution in [0.2, 0.25) is 0 Å². The predicted molar refractivity (Wildman–Crippen MR) is 58.3 cm³/mol. The van der Waals surface area contributed by atoms with Crippen molar-refractivity contribution >= 4 is 0 Å². The molecule has 13 heavy (non-hydrogen) atoms. The molecule has 69 valence electrons. The summed E-state index contributed by atoms with van der Waals surface area (Å²) < 4.78 is 0. The summed E-state index contributed by atoms with van der Waals surface area (Å²) in [6.07, 6.45) is 24.0. The number of hydrogen-bond acceptors (Lipinski definition) is 0. The van der Waals surface area contributed by atoms with Gasteiger partial charge in [0.05, 0.1) is 0 Å². The molecule has 0 saturated carbocycles. The van der Waals surface area contributed by atoms with Gasteiger partial charge in [-0.1, -0.05) is 42.5 Å². The van der Waals surface area contributed by atoms with E-state index in [1.165, 1.54) is 12.8 Å². The molecule has 1 radical (unpaired) electrons. The lowest BCUT2D eigenvalue weighted by Gasteiger charge is -1.89. The Hall–Kier alpha value is -1.04. The van der Waals surface area contributed by atoms with Gasteiger partial charge in [0, 0.05) is 0 Å². The molecule has 0 fully saturated rings. The maximum Gasteiger partial charge on any atom is -0.0187 e. The van der Waals surface area contributed by atoms with E-state index < -0.39 is 0 Å². The van der Waals surface area contributed by atoms with Gasteiger partial charge in [0.25, 0.3) is 0 Å². The van der Waals surface area contributed by atoms with Crippen molar-refractivity contribution < 1.29 is 0 Å². The van der Waals surface area contributed by atoms with Gasteiger partial charge in [-0.25, -0.2) is 0 Å². The Kier molecular flexibility index (Phi) is 5.87. The zero-order valence-electron chi connectivity index (χ0n) is 8.08. The second kappa shape index (κ2) is 7.60. The molecule has 0 bridgehead atoms. The number of allylic oxidation sites excluding steroid dienone is 8. The van der Waals surface area contributed by atoms with Crippen LogP contribution in [-0.4, -0.2) is 0 Å². The van der Waals surface area contributed by atoms with E-state index in [1.54, 1.807) is 0 Å². The van der Waals surface area contributed by atoms with Crippen molar-refractivity contribution in [2.24, 2.45) is 0 Å². The average molecular weight is 173 g/mol. The summed E-state index contributed by atoms with van der Waals surface area (Å²) in [6, 6.07) is 0. The minimum atomic E-state index is 1.14. The molecule has 0 heteroatoms. The molecule has 0 N–H and O–H groups in total. The van der Waals surface area contributed by atoms with Crippen molar-refractivity contribution in [1.82, 2.24) is 0 Å². The molecule has 0 aromatic heterocycles. The minimum Gasteiger partial charge on any atom is -0.0885 e. The fourth-order valence-corrected chi connectivity index (χ4v) is 1.21. The smallest absolute Gasteiger partial charge is 0.0187 e. The molecule has 0 amide bonds. The van der Waals surface area contributed by atoms with Crippen LogP contribution < -0.4 is 0 Å². The fraction of sp³-hybridized carbons (Fsp3) is 0.385. The molecule has 0 heterocycles. The molecular weight excluding hydrogens is 156 g/mol. The third-order valence-corrected chi connectivity index (χ3v) is 1.95. The highest BCUT2D eigenvalue weighted by atomic mass is 13.9. The standard InChI is InChI=1S/C13H17/c1-2-4-6-8-10-12-13-11-9-7-5-3-1/h1-3,7-10H,4,6,11-13H2/b2-1-,5-3?,9-7+,10-8-. The first-order chi connectivity index (χ1) is 6.50. The monoisotopic (exact) mass is 173 g/mol. The van der Waals surface area contributed by atoms with E-state index in [0.717, 1.165) is 19.3 Å². The van der Waals surface area contributed by atoms with Gasteiger partial charge in [-0.05, 0) is 38.2 Å². The van der Waals surface area contributed by atoms with Gasteiger partial charge >= 0.3 is 0 Å². The first-order valence-electron chi connectivity index (χ1n) is 5.04. The van der Waals surface area contributed by atoms with Crippen LogP contribution in [0.25, 0.3) is 0 Å². The second-order valence-corrected chi connectivity index (χ2v) is 3.14. The predicted octanol–water partition coefficient (Wildman–Crippen LogP) is 3.98. The Morgan fingerprint density at radius 1 is 0.769 bits per heavy atom. The Labute approximate surface area is 81.4 Å². The van der Waals surface area contributed by atoms with E-state index in [1.807, 2.05) is 12.2 Å². The maximum atomic E-state index is 3.11. The van der Waals surface area contributed by atoms with E-state index >= 15 is 0 Å². The Bertz CT molecular complexity index is 216. The summed E-state index contributed by atoms with van der Waals surface area (Å²) in [5.74, 6) is 0. The van der Waals surface area contributed by atoms with Crippen LogP contribution in [0.5, 0.6) is 0 Å². The molecule has 0 atom stereocenters. The number of hydrogen-bond donors (Lipinski definition) is 0. The molecule has 0 aromatic rings. The molecule has 0 aliphatic heterocycles. The fourth-order valence-electron chi connectivity index (χ4n) is 1.21. The summed E-state index contributed by atoms with van der Waals surface area (Å²) in [5, 5.41) is 0. The number of rotatable bonds is 0.